The molecule has 0 saturated carbocycles. The van der Waals surface area contributed by atoms with E-state index < -0.39 is 0 Å². The van der Waals surface area contributed by atoms with Gasteiger partial charge in [-0.25, -0.2) is 0 Å². The van der Waals surface area contributed by atoms with Crippen LogP contribution in [0.5, 0.6) is 5.75 Å². The van der Waals surface area contributed by atoms with E-state index in [4.69, 9.17) is 22.1 Å². The van der Waals surface area contributed by atoms with Crippen molar-refractivity contribution < 1.29 is 9.53 Å². The van der Waals surface area contributed by atoms with Crippen LogP contribution < -0.4 is 10.5 Å². The predicted molar refractivity (Wildman–Crippen MR) is 91.8 cm³/mol. The Morgan fingerprint density at radius 1 is 1.41 bits per heavy atom. The van der Waals surface area contributed by atoms with Gasteiger partial charge in [-0.3, -0.25) is 4.79 Å². The summed E-state index contributed by atoms with van der Waals surface area (Å²) in [6.45, 7) is 3.16. The standard InChI is InChI=1S/C16H23ClN2O2.ClH/c1-12(18)15-4-2-3-10-19(15)16(20)9-11-21-14-7-5-13(17)6-8-14;/h5-8,12,15H,2-4,9-11,18H2,1H3;1H. The van der Waals surface area contributed by atoms with Crippen LogP contribution in [0.15, 0.2) is 24.3 Å². The molecule has 0 radical (unpaired) electrons. The number of likely N-dealkylation sites (tertiary alicyclic amines) is 1. The highest BCUT2D eigenvalue weighted by atomic mass is 35.5. The molecule has 1 aliphatic rings. The van der Waals surface area contributed by atoms with Crippen LogP contribution in [-0.2, 0) is 4.79 Å². The molecule has 2 rings (SSSR count). The zero-order valence-electron chi connectivity index (χ0n) is 12.8. The quantitative estimate of drug-likeness (QED) is 0.890. The number of carbonyl (C=O) groups excluding carboxylic acids is 1. The molecule has 1 amide bonds. The summed E-state index contributed by atoms with van der Waals surface area (Å²) in [7, 11) is 0. The predicted octanol–water partition coefficient (Wildman–Crippen LogP) is 3.26. The van der Waals surface area contributed by atoms with Gasteiger partial charge < -0.3 is 15.4 Å². The number of hydrogen-bond acceptors (Lipinski definition) is 3. The number of halogens is 2. The molecule has 0 spiro atoms. The molecule has 1 aliphatic heterocycles. The highest BCUT2D eigenvalue weighted by molar-refractivity contribution is 6.30. The first-order chi connectivity index (χ1) is 10.1. The molecule has 2 N–H and O–H groups in total. The number of carbonyl (C=O) groups is 1. The Labute approximate surface area is 143 Å². The maximum Gasteiger partial charge on any atom is 0.226 e. The highest BCUT2D eigenvalue weighted by Crippen LogP contribution is 2.20. The van der Waals surface area contributed by atoms with E-state index in [0.717, 1.165) is 31.6 Å². The maximum atomic E-state index is 12.3. The number of nitrogens with zero attached hydrogens (tertiary/aromatic N) is 1. The van der Waals surface area contributed by atoms with E-state index >= 15 is 0 Å². The van der Waals surface area contributed by atoms with Gasteiger partial charge in [0, 0.05) is 23.7 Å². The van der Waals surface area contributed by atoms with E-state index in [1.165, 1.54) is 0 Å². The lowest BCUT2D eigenvalue weighted by Crippen LogP contribution is -2.51. The highest BCUT2D eigenvalue weighted by Gasteiger charge is 2.28. The van der Waals surface area contributed by atoms with Gasteiger partial charge in [-0.1, -0.05) is 11.6 Å². The molecule has 1 aromatic carbocycles. The number of piperidine rings is 1. The fourth-order valence-corrected chi connectivity index (χ4v) is 2.87. The lowest BCUT2D eigenvalue weighted by molar-refractivity contribution is -0.135. The van der Waals surface area contributed by atoms with Crippen LogP contribution in [0.3, 0.4) is 0 Å². The minimum Gasteiger partial charge on any atom is -0.493 e. The van der Waals surface area contributed by atoms with Gasteiger partial charge in [0.15, 0.2) is 0 Å². The first kappa shape index (κ1) is 19.1. The Balaban J connectivity index is 0.00000242. The van der Waals surface area contributed by atoms with Gasteiger partial charge in [-0.2, -0.15) is 0 Å². The second-order valence-corrected chi connectivity index (χ2v) is 6.00. The summed E-state index contributed by atoms with van der Waals surface area (Å²) in [4.78, 5) is 14.3. The molecule has 0 aromatic heterocycles. The first-order valence-electron chi connectivity index (χ1n) is 7.51. The molecule has 2 atom stereocenters. The Hall–Kier alpha value is -0.970. The minimum absolute atomic E-state index is 0. The van der Waals surface area contributed by atoms with Gasteiger partial charge in [-0.05, 0) is 50.5 Å². The third-order valence-corrected chi connectivity index (χ3v) is 4.13. The maximum absolute atomic E-state index is 12.3. The number of rotatable bonds is 5. The molecule has 1 fully saturated rings. The molecule has 22 heavy (non-hydrogen) atoms. The van der Waals surface area contributed by atoms with Crippen LogP contribution in [0.25, 0.3) is 0 Å². The Kier molecular flexibility index (Phi) is 8.01. The monoisotopic (exact) mass is 346 g/mol. The summed E-state index contributed by atoms with van der Waals surface area (Å²) in [5.74, 6) is 0.862. The molecule has 0 aliphatic carbocycles. The van der Waals surface area contributed by atoms with E-state index in [-0.39, 0.29) is 30.4 Å². The summed E-state index contributed by atoms with van der Waals surface area (Å²) in [6.07, 6.45) is 3.59. The summed E-state index contributed by atoms with van der Waals surface area (Å²) in [6, 6.07) is 7.34. The molecule has 6 heteroatoms. The van der Waals surface area contributed by atoms with Crippen molar-refractivity contribution in [1.82, 2.24) is 4.90 Å². The Morgan fingerprint density at radius 2 is 2.09 bits per heavy atom. The lowest BCUT2D eigenvalue weighted by atomic mass is 9.96. The van der Waals surface area contributed by atoms with Crippen LogP contribution in [0.4, 0.5) is 0 Å². The zero-order valence-corrected chi connectivity index (χ0v) is 14.4. The lowest BCUT2D eigenvalue weighted by Gasteiger charge is -2.38. The van der Waals surface area contributed by atoms with Gasteiger partial charge >= 0.3 is 0 Å². The number of nitrogens with two attached hydrogens (primary N) is 1. The van der Waals surface area contributed by atoms with E-state index in [9.17, 15) is 4.79 Å². The third-order valence-electron chi connectivity index (χ3n) is 3.87. The number of ether oxygens (including phenoxy) is 1. The number of benzene rings is 1. The molecule has 1 aromatic rings. The molecular weight excluding hydrogens is 323 g/mol. The van der Waals surface area contributed by atoms with Crippen molar-refractivity contribution in [3.05, 3.63) is 29.3 Å². The SMILES string of the molecule is CC(N)C1CCCCN1C(=O)CCOc1ccc(Cl)cc1.Cl. The molecule has 0 bridgehead atoms. The molecule has 2 unspecified atom stereocenters. The average molecular weight is 347 g/mol. The molecule has 4 nitrogen and oxygen atoms in total. The second kappa shape index (κ2) is 9.23. The van der Waals surface area contributed by atoms with Crippen LogP contribution in [0.2, 0.25) is 5.02 Å². The van der Waals surface area contributed by atoms with Crippen molar-refractivity contribution in [1.29, 1.82) is 0 Å². The van der Waals surface area contributed by atoms with Crippen molar-refractivity contribution in [2.45, 2.75) is 44.7 Å². The topological polar surface area (TPSA) is 55.6 Å². The average Bonchev–Trinajstić information content (AvgIpc) is 2.49. The number of hydrogen-bond donors (Lipinski definition) is 1. The molecule has 1 saturated heterocycles. The van der Waals surface area contributed by atoms with Crippen molar-refractivity contribution in [3.8, 4) is 5.75 Å². The molecule has 1 heterocycles. The van der Waals surface area contributed by atoms with Gasteiger partial charge in [0.2, 0.25) is 5.91 Å². The van der Waals surface area contributed by atoms with Crippen LogP contribution in [0, 0.1) is 0 Å². The largest absolute Gasteiger partial charge is 0.493 e. The van der Waals surface area contributed by atoms with Crippen molar-refractivity contribution in [3.63, 3.8) is 0 Å². The summed E-state index contributed by atoms with van der Waals surface area (Å²) < 4.78 is 5.58. The van der Waals surface area contributed by atoms with E-state index in [1.54, 1.807) is 24.3 Å². The summed E-state index contributed by atoms with van der Waals surface area (Å²) in [5.41, 5.74) is 5.99. The molecular formula is C16H24Cl2N2O2. The van der Waals surface area contributed by atoms with Gasteiger partial charge in [0.1, 0.15) is 5.75 Å². The fourth-order valence-electron chi connectivity index (χ4n) is 2.74. The zero-order chi connectivity index (χ0) is 15.2. The number of amides is 1. The van der Waals surface area contributed by atoms with Crippen LogP contribution in [-0.4, -0.2) is 36.0 Å². The van der Waals surface area contributed by atoms with E-state index in [1.807, 2.05) is 11.8 Å². The Morgan fingerprint density at radius 3 is 2.73 bits per heavy atom. The normalized spacial score (nSPS) is 19.2. The second-order valence-electron chi connectivity index (χ2n) is 5.56. The van der Waals surface area contributed by atoms with Gasteiger partial charge in [-0.15, -0.1) is 12.4 Å². The van der Waals surface area contributed by atoms with Crippen molar-refractivity contribution >= 4 is 29.9 Å². The van der Waals surface area contributed by atoms with Crippen LogP contribution in [0.1, 0.15) is 32.6 Å². The van der Waals surface area contributed by atoms with Gasteiger partial charge in [0.25, 0.3) is 0 Å². The minimum atomic E-state index is 0. The van der Waals surface area contributed by atoms with E-state index in [2.05, 4.69) is 0 Å². The molecule has 124 valence electrons. The smallest absolute Gasteiger partial charge is 0.226 e. The summed E-state index contributed by atoms with van der Waals surface area (Å²) >= 11 is 5.82. The van der Waals surface area contributed by atoms with Crippen molar-refractivity contribution in [2.24, 2.45) is 5.73 Å². The van der Waals surface area contributed by atoms with E-state index in [0.29, 0.717) is 18.1 Å². The summed E-state index contributed by atoms with van der Waals surface area (Å²) in [5, 5.41) is 0.673. The third kappa shape index (κ3) is 5.34. The van der Waals surface area contributed by atoms with Crippen LogP contribution >= 0.6 is 24.0 Å². The van der Waals surface area contributed by atoms with Crippen molar-refractivity contribution in [2.75, 3.05) is 13.2 Å². The first-order valence-corrected chi connectivity index (χ1v) is 7.89. The van der Waals surface area contributed by atoms with Gasteiger partial charge in [0.05, 0.1) is 13.0 Å². The Bertz CT molecular complexity index is 466. The fraction of sp³-hybridized carbons (Fsp3) is 0.562.